The average Bonchev–Trinajstić information content (AvgIpc) is 3.05. The number of esters is 1. The summed E-state index contributed by atoms with van der Waals surface area (Å²) in [6.45, 7) is 4.68. The maximum absolute atomic E-state index is 12.8. The number of carbonyl (C=O) groups is 2. The number of aromatic nitrogens is 1. The zero-order valence-electron chi connectivity index (χ0n) is 18.1. The van der Waals surface area contributed by atoms with E-state index in [0.717, 1.165) is 18.8 Å². The molecule has 1 aromatic carbocycles. The van der Waals surface area contributed by atoms with Crippen LogP contribution in [0, 0.1) is 0 Å². The molecule has 31 heavy (non-hydrogen) atoms. The lowest BCUT2D eigenvalue weighted by Crippen LogP contribution is -2.38. The molecule has 9 heteroatoms. The Morgan fingerprint density at radius 1 is 1.03 bits per heavy atom. The molecule has 2 amide bonds. The smallest absolute Gasteiger partial charge is 0.339 e. The quantitative estimate of drug-likeness (QED) is 0.707. The molecule has 0 spiro atoms. The third-order valence-corrected chi connectivity index (χ3v) is 4.97. The largest absolute Gasteiger partial charge is 0.497 e. The van der Waals surface area contributed by atoms with Crippen LogP contribution in [-0.4, -0.2) is 68.9 Å². The van der Waals surface area contributed by atoms with Gasteiger partial charge < -0.3 is 29.3 Å². The lowest BCUT2D eigenvalue weighted by Gasteiger charge is -2.23. The van der Waals surface area contributed by atoms with Crippen LogP contribution < -0.4 is 19.7 Å². The van der Waals surface area contributed by atoms with Gasteiger partial charge in [-0.3, -0.25) is 0 Å². The van der Waals surface area contributed by atoms with Gasteiger partial charge in [0, 0.05) is 56.3 Å². The van der Waals surface area contributed by atoms with Crippen molar-refractivity contribution in [2.75, 3.05) is 57.2 Å². The first kappa shape index (κ1) is 22.2. The van der Waals surface area contributed by atoms with Crippen LogP contribution >= 0.6 is 0 Å². The summed E-state index contributed by atoms with van der Waals surface area (Å²) < 4.78 is 15.5. The highest BCUT2D eigenvalue weighted by Gasteiger charge is 2.21. The van der Waals surface area contributed by atoms with Crippen molar-refractivity contribution < 1.29 is 23.8 Å². The Hall–Kier alpha value is -3.49. The van der Waals surface area contributed by atoms with Gasteiger partial charge in [-0.2, -0.15) is 0 Å². The third-order valence-electron chi connectivity index (χ3n) is 4.97. The summed E-state index contributed by atoms with van der Waals surface area (Å²) in [5.74, 6) is 1.60. The van der Waals surface area contributed by atoms with Crippen LogP contribution in [0.25, 0.3) is 0 Å². The zero-order chi connectivity index (χ0) is 22.2. The van der Waals surface area contributed by atoms with Gasteiger partial charge in [-0.25, -0.2) is 14.6 Å². The van der Waals surface area contributed by atoms with E-state index in [1.165, 1.54) is 6.20 Å². The number of carbonyl (C=O) groups excluding carboxylic acids is 2. The average molecular weight is 428 g/mol. The maximum atomic E-state index is 12.8. The van der Waals surface area contributed by atoms with E-state index in [-0.39, 0.29) is 12.0 Å². The number of methoxy groups -OCH3 is 2. The van der Waals surface area contributed by atoms with Crippen molar-refractivity contribution in [2.24, 2.45) is 0 Å². The van der Waals surface area contributed by atoms with Crippen molar-refractivity contribution in [3.05, 3.63) is 42.1 Å². The lowest BCUT2D eigenvalue weighted by atomic mass is 10.2. The minimum Gasteiger partial charge on any atom is -0.497 e. The Labute approximate surface area is 181 Å². The van der Waals surface area contributed by atoms with E-state index in [1.807, 2.05) is 6.07 Å². The number of amides is 2. The predicted octanol–water partition coefficient (Wildman–Crippen LogP) is 3.02. The first-order valence-electron chi connectivity index (χ1n) is 10.2. The summed E-state index contributed by atoms with van der Waals surface area (Å²) in [5, 5.41) is 2.92. The Bertz CT molecular complexity index is 881. The molecule has 9 nitrogen and oxygen atoms in total. The first-order chi connectivity index (χ1) is 15.0. The van der Waals surface area contributed by atoms with Crippen LogP contribution in [0.3, 0.4) is 0 Å². The first-order valence-corrected chi connectivity index (χ1v) is 10.2. The molecule has 0 radical (unpaired) electrons. The van der Waals surface area contributed by atoms with E-state index < -0.39 is 0 Å². The van der Waals surface area contributed by atoms with Crippen LogP contribution in [0.4, 0.5) is 16.3 Å². The topological polar surface area (TPSA) is 93.2 Å². The molecule has 1 N–H and O–H groups in total. The van der Waals surface area contributed by atoms with E-state index in [2.05, 4.69) is 15.2 Å². The Morgan fingerprint density at radius 3 is 2.39 bits per heavy atom. The SMILES string of the molecule is CCOC(=O)c1ccc(N2CCCN(C(=O)Nc3cc(OC)cc(OC)c3)CC2)nc1. The molecule has 2 aromatic rings. The fraction of sp³-hybridized carbons (Fsp3) is 0.409. The second-order valence-electron chi connectivity index (χ2n) is 6.98. The second kappa shape index (κ2) is 10.5. The molecule has 1 saturated heterocycles. The summed E-state index contributed by atoms with van der Waals surface area (Å²) >= 11 is 0. The monoisotopic (exact) mass is 428 g/mol. The van der Waals surface area contributed by atoms with Gasteiger partial charge in [0.2, 0.25) is 0 Å². The highest BCUT2D eigenvalue weighted by Crippen LogP contribution is 2.26. The lowest BCUT2D eigenvalue weighted by molar-refractivity contribution is 0.0526. The van der Waals surface area contributed by atoms with Gasteiger partial charge in [0.25, 0.3) is 0 Å². The number of urea groups is 1. The summed E-state index contributed by atoms with van der Waals surface area (Å²) in [6, 6.07) is 8.60. The van der Waals surface area contributed by atoms with Crippen molar-refractivity contribution in [1.82, 2.24) is 9.88 Å². The molecule has 1 fully saturated rings. The molecule has 0 bridgehead atoms. The highest BCUT2D eigenvalue weighted by molar-refractivity contribution is 5.90. The van der Waals surface area contributed by atoms with Gasteiger partial charge in [-0.05, 0) is 25.5 Å². The Balaban J connectivity index is 1.60. The standard InChI is InChI=1S/C22H28N4O5/c1-4-31-21(27)16-6-7-20(23-15-16)25-8-5-9-26(11-10-25)22(28)24-17-12-18(29-2)14-19(13-17)30-3/h6-7,12-15H,4-5,8-11H2,1-3H3,(H,24,28). The Morgan fingerprint density at radius 2 is 1.77 bits per heavy atom. The molecule has 1 aromatic heterocycles. The van der Waals surface area contributed by atoms with Gasteiger partial charge >= 0.3 is 12.0 Å². The molecular weight excluding hydrogens is 400 g/mol. The van der Waals surface area contributed by atoms with E-state index in [0.29, 0.717) is 49.0 Å². The van der Waals surface area contributed by atoms with Gasteiger partial charge in [0.15, 0.2) is 0 Å². The van der Waals surface area contributed by atoms with Crippen LogP contribution in [0.1, 0.15) is 23.7 Å². The van der Waals surface area contributed by atoms with Crippen molar-refractivity contribution in [2.45, 2.75) is 13.3 Å². The van der Waals surface area contributed by atoms with Gasteiger partial charge in [-0.1, -0.05) is 0 Å². The predicted molar refractivity (Wildman–Crippen MR) is 117 cm³/mol. The zero-order valence-corrected chi connectivity index (χ0v) is 18.1. The summed E-state index contributed by atoms with van der Waals surface area (Å²) in [6.07, 6.45) is 2.33. The number of rotatable bonds is 6. The number of hydrogen-bond donors (Lipinski definition) is 1. The minimum absolute atomic E-state index is 0.178. The molecule has 1 aliphatic heterocycles. The molecule has 166 valence electrons. The van der Waals surface area contributed by atoms with Crippen molar-refractivity contribution in [1.29, 1.82) is 0 Å². The minimum atomic E-state index is -0.380. The number of nitrogens with zero attached hydrogens (tertiary/aromatic N) is 3. The maximum Gasteiger partial charge on any atom is 0.339 e. The molecule has 0 unspecified atom stereocenters. The van der Waals surface area contributed by atoms with Crippen LogP contribution in [0.2, 0.25) is 0 Å². The molecule has 3 rings (SSSR count). The van der Waals surface area contributed by atoms with Crippen molar-refractivity contribution in [3.63, 3.8) is 0 Å². The van der Waals surface area contributed by atoms with E-state index in [9.17, 15) is 9.59 Å². The van der Waals surface area contributed by atoms with Crippen LogP contribution in [-0.2, 0) is 4.74 Å². The fourth-order valence-corrected chi connectivity index (χ4v) is 3.34. The van der Waals surface area contributed by atoms with Crippen molar-refractivity contribution >= 4 is 23.5 Å². The summed E-state index contributed by atoms with van der Waals surface area (Å²) in [7, 11) is 3.13. The number of hydrogen-bond acceptors (Lipinski definition) is 7. The van der Waals surface area contributed by atoms with E-state index >= 15 is 0 Å². The van der Waals surface area contributed by atoms with Crippen molar-refractivity contribution in [3.8, 4) is 11.5 Å². The van der Waals surface area contributed by atoms with Crippen LogP contribution in [0.5, 0.6) is 11.5 Å². The normalized spacial score (nSPS) is 13.9. The molecule has 0 atom stereocenters. The number of benzene rings is 1. The fourth-order valence-electron chi connectivity index (χ4n) is 3.34. The van der Waals surface area contributed by atoms with Gasteiger partial charge in [-0.15, -0.1) is 0 Å². The van der Waals surface area contributed by atoms with Crippen LogP contribution in [0.15, 0.2) is 36.5 Å². The second-order valence-corrected chi connectivity index (χ2v) is 6.98. The van der Waals surface area contributed by atoms with Gasteiger partial charge in [0.05, 0.1) is 26.4 Å². The number of anilines is 2. The molecule has 2 heterocycles. The molecule has 0 aliphatic carbocycles. The van der Waals surface area contributed by atoms with E-state index in [4.69, 9.17) is 14.2 Å². The number of ether oxygens (including phenoxy) is 3. The molecular formula is C22H28N4O5. The highest BCUT2D eigenvalue weighted by atomic mass is 16.5. The molecule has 0 saturated carbocycles. The summed E-state index contributed by atoms with van der Waals surface area (Å²) in [5.41, 5.74) is 1.04. The number of pyridine rings is 1. The van der Waals surface area contributed by atoms with E-state index in [1.54, 1.807) is 50.3 Å². The third kappa shape index (κ3) is 5.78. The Kier molecular flexibility index (Phi) is 7.53. The summed E-state index contributed by atoms with van der Waals surface area (Å²) in [4.78, 5) is 32.9. The molecule has 1 aliphatic rings. The number of nitrogens with one attached hydrogen (secondary N) is 1. The van der Waals surface area contributed by atoms with Gasteiger partial charge in [0.1, 0.15) is 17.3 Å².